The van der Waals surface area contributed by atoms with E-state index in [1.807, 2.05) is 0 Å². The third-order valence-corrected chi connectivity index (χ3v) is 20.0. The summed E-state index contributed by atoms with van der Waals surface area (Å²) in [4.78, 5) is 0. The molecule has 0 spiro atoms. The molecule has 0 heterocycles. The van der Waals surface area contributed by atoms with Crippen molar-refractivity contribution in [3.05, 3.63) is 425 Å². The maximum absolute atomic E-state index is 2.39. The van der Waals surface area contributed by atoms with E-state index in [2.05, 4.69) is 315 Å². The van der Waals surface area contributed by atoms with Crippen LogP contribution in [0, 0.1) is 0 Å². The summed E-state index contributed by atoms with van der Waals surface area (Å²) in [5.74, 6) is 0.695. The fraction of sp³-hybridized carbons (Fsp3) is 0.111. The predicted octanol–water partition coefficient (Wildman–Crippen LogP) is 21.4. The van der Waals surface area contributed by atoms with Crippen LogP contribution in [0.5, 0.6) is 0 Å². The second-order valence-electron chi connectivity index (χ2n) is 24.9. The molecule has 18 rings (SSSR count). The van der Waals surface area contributed by atoms with Crippen LogP contribution in [0.25, 0.3) is 46.6 Å². The van der Waals surface area contributed by atoms with Gasteiger partial charge in [-0.2, -0.15) is 0 Å². The number of fused-ring (bicyclic) bond motifs is 12. The molecule has 0 bridgehead atoms. The van der Waals surface area contributed by atoms with E-state index in [1.54, 1.807) is 0 Å². The van der Waals surface area contributed by atoms with Crippen molar-refractivity contribution >= 4 is 46.6 Å². The van der Waals surface area contributed by atoms with Crippen LogP contribution in [-0.4, -0.2) is 0 Å². The van der Waals surface area contributed by atoms with Crippen LogP contribution in [0.4, 0.5) is 0 Å². The molecule has 0 amide bonds. The van der Waals surface area contributed by atoms with Crippen molar-refractivity contribution in [1.82, 2.24) is 0 Å². The molecule has 12 aromatic carbocycles. The molecule has 0 aromatic heterocycles. The second-order valence-corrected chi connectivity index (χ2v) is 24.9. The number of hydrogen-bond acceptors (Lipinski definition) is 0. The van der Waals surface area contributed by atoms with Gasteiger partial charge in [0.15, 0.2) is 0 Å². The topological polar surface area (TPSA) is 0 Å². The van der Waals surface area contributed by atoms with Crippen LogP contribution in [0.15, 0.2) is 291 Å². The Morgan fingerprint density at radius 2 is 0.322 bits per heavy atom. The Labute approximate surface area is 531 Å². The first-order valence-electron chi connectivity index (χ1n) is 32.6. The van der Waals surface area contributed by atoms with Gasteiger partial charge in [-0.3, -0.25) is 0 Å². The molecule has 430 valence electrons. The third-order valence-electron chi connectivity index (χ3n) is 20.0. The Kier molecular flexibility index (Phi) is 14.8. The lowest BCUT2D eigenvalue weighted by atomic mass is 9.71. The highest BCUT2D eigenvalue weighted by Gasteiger charge is 2.36. The van der Waals surface area contributed by atoms with E-state index in [4.69, 9.17) is 0 Å². The molecule has 0 nitrogen and oxygen atoms in total. The molecular formula is C90H70. The van der Waals surface area contributed by atoms with E-state index in [0.29, 0.717) is 11.8 Å². The van der Waals surface area contributed by atoms with Gasteiger partial charge < -0.3 is 0 Å². The Bertz CT molecular complexity index is 4250. The molecule has 0 radical (unpaired) electrons. The second kappa shape index (κ2) is 24.3. The Hall–Kier alpha value is -10.4. The van der Waals surface area contributed by atoms with Gasteiger partial charge in [0.2, 0.25) is 0 Å². The van der Waals surface area contributed by atoms with Crippen molar-refractivity contribution in [2.75, 3.05) is 0 Å². The summed E-state index contributed by atoms with van der Waals surface area (Å²) in [7, 11) is 0. The molecule has 0 fully saturated rings. The average Bonchev–Trinajstić information content (AvgIpc) is 1.72. The van der Waals surface area contributed by atoms with Gasteiger partial charge in [-0.15, -0.1) is 0 Å². The van der Waals surface area contributed by atoms with E-state index in [9.17, 15) is 0 Å². The maximum Gasteiger partial charge on any atom is 0.0204 e. The Balaban J connectivity index is 0.000000108. The summed E-state index contributed by atoms with van der Waals surface area (Å²) < 4.78 is 0. The number of hydrogen-bond donors (Lipinski definition) is 0. The highest BCUT2D eigenvalue weighted by molar-refractivity contribution is 6.12. The number of benzene rings is 12. The first kappa shape index (κ1) is 55.0. The molecule has 0 atom stereocenters. The van der Waals surface area contributed by atoms with Gasteiger partial charge in [0.1, 0.15) is 0 Å². The van der Waals surface area contributed by atoms with Crippen LogP contribution in [0.3, 0.4) is 0 Å². The molecule has 0 N–H and O–H groups in total. The van der Waals surface area contributed by atoms with E-state index >= 15 is 0 Å². The van der Waals surface area contributed by atoms with Gasteiger partial charge >= 0.3 is 0 Å². The quantitative estimate of drug-likeness (QED) is 0.154. The van der Waals surface area contributed by atoms with Crippen LogP contribution < -0.4 is 0 Å². The summed E-state index contributed by atoms with van der Waals surface area (Å²) in [5.41, 5.74) is 39.0. The van der Waals surface area contributed by atoms with E-state index in [-0.39, 0.29) is 0 Å². The van der Waals surface area contributed by atoms with E-state index < -0.39 is 0 Å². The van der Waals surface area contributed by atoms with Gasteiger partial charge in [-0.25, -0.2) is 0 Å². The zero-order chi connectivity index (χ0) is 59.7. The van der Waals surface area contributed by atoms with Crippen molar-refractivity contribution < 1.29 is 0 Å². The zero-order valence-corrected chi connectivity index (χ0v) is 50.8. The Morgan fingerprint density at radius 3 is 0.567 bits per heavy atom. The third kappa shape index (κ3) is 10.2. The van der Waals surface area contributed by atoms with Crippen molar-refractivity contribution in [3.63, 3.8) is 0 Å². The highest BCUT2D eigenvalue weighted by Crippen LogP contribution is 2.51. The fourth-order valence-electron chi connectivity index (χ4n) is 15.8. The maximum atomic E-state index is 2.39. The predicted molar refractivity (Wildman–Crippen MR) is 379 cm³/mol. The first-order chi connectivity index (χ1) is 44.7. The lowest BCUT2D eigenvalue weighted by Gasteiger charge is -2.31. The molecular weight excluding hydrogens is 1080 g/mol. The zero-order valence-electron chi connectivity index (χ0n) is 50.8. The van der Waals surface area contributed by atoms with Crippen LogP contribution in [0.2, 0.25) is 0 Å². The van der Waals surface area contributed by atoms with Crippen molar-refractivity contribution in [1.29, 1.82) is 0 Å². The number of rotatable bonds is 1. The molecule has 6 aliphatic rings. The van der Waals surface area contributed by atoms with Crippen LogP contribution >= 0.6 is 0 Å². The largest absolute Gasteiger partial charge is 0.0620 e. The molecule has 0 heteroatoms. The minimum absolute atomic E-state index is 0.347. The molecule has 6 aliphatic carbocycles. The molecule has 0 saturated carbocycles. The molecule has 90 heavy (non-hydrogen) atoms. The van der Waals surface area contributed by atoms with Crippen molar-refractivity contribution in [2.45, 2.75) is 63.2 Å². The molecule has 0 unspecified atom stereocenters. The average molecular weight is 1150 g/mol. The van der Waals surface area contributed by atoms with Crippen LogP contribution in [-0.2, 0) is 51.4 Å². The van der Waals surface area contributed by atoms with Gasteiger partial charge in [0, 0.05) is 11.8 Å². The van der Waals surface area contributed by atoms with Gasteiger partial charge in [0.25, 0.3) is 0 Å². The minimum atomic E-state index is 0.347. The monoisotopic (exact) mass is 1150 g/mol. The normalized spacial score (nSPS) is 14.7. The Morgan fingerprint density at radius 1 is 0.156 bits per heavy atom. The smallest absolute Gasteiger partial charge is 0.0204 e. The van der Waals surface area contributed by atoms with Gasteiger partial charge in [-0.05, 0) is 207 Å². The molecule has 0 aliphatic heterocycles. The lowest BCUT2D eigenvalue weighted by molar-refractivity contribution is 0.687. The first-order valence-corrected chi connectivity index (χ1v) is 32.6. The van der Waals surface area contributed by atoms with Crippen molar-refractivity contribution in [3.8, 4) is 0 Å². The van der Waals surface area contributed by atoms with Crippen LogP contribution in [0.1, 0.15) is 145 Å². The minimum Gasteiger partial charge on any atom is -0.0620 e. The summed E-state index contributed by atoms with van der Waals surface area (Å²) in [6, 6.07) is 108. The molecule has 0 saturated heterocycles. The standard InChI is InChI=1S/C30H26.C30H24.C30H20/c3*1-5-13-25-21(9-1)17-18-22-10-2-6-14-26(22)29(25)30-27-15-7-3-11-23(27)19-20-24-12-4-8-16-28(24)30/h1-16,29-30H,17-20H2;1-16H,17-20H2;1-20H. The van der Waals surface area contributed by atoms with E-state index in [1.165, 1.54) is 156 Å². The van der Waals surface area contributed by atoms with Gasteiger partial charge in [0.05, 0.1) is 0 Å². The SMILES string of the molecule is C1=Cc2ccccc2C(=C2c3ccccc3C=Cc3ccccc32)c2ccccc21.c1ccc2c(c1)CCc1ccccc1C2=C1c2ccccc2CCc2ccccc21.c1ccc2c(c1)CCc1ccccc1C2C1c2ccccc2CCc2ccccc21. The summed E-state index contributed by atoms with van der Waals surface area (Å²) >= 11 is 0. The lowest BCUT2D eigenvalue weighted by Crippen LogP contribution is -2.17. The highest BCUT2D eigenvalue weighted by atomic mass is 14.4. The fourth-order valence-corrected chi connectivity index (χ4v) is 15.8. The van der Waals surface area contributed by atoms with Gasteiger partial charge in [-0.1, -0.05) is 315 Å². The summed E-state index contributed by atoms with van der Waals surface area (Å²) in [6.45, 7) is 0. The number of aryl methyl sites for hydroxylation is 8. The van der Waals surface area contributed by atoms with E-state index in [0.717, 1.165) is 51.4 Å². The van der Waals surface area contributed by atoms with Crippen molar-refractivity contribution in [2.24, 2.45) is 0 Å². The molecule has 12 aromatic rings. The summed E-state index contributed by atoms with van der Waals surface area (Å²) in [5, 5.41) is 0. The summed E-state index contributed by atoms with van der Waals surface area (Å²) in [6.07, 6.45) is 17.8.